The van der Waals surface area contributed by atoms with E-state index in [4.69, 9.17) is 0 Å². The van der Waals surface area contributed by atoms with Gasteiger partial charge in [-0.15, -0.1) is 0 Å². The third-order valence-corrected chi connectivity index (χ3v) is 4.07. The van der Waals surface area contributed by atoms with E-state index < -0.39 is 0 Å². The van der Waals surface area contributed by atoms with E-state index in [-0.39, 0.29) is 17.5 Å². The second kappa shape index (κ2) is 5.01. The number of hydrogen-bond donors (Lipinski definition) is 2. The molecule has 0 spiro atoms. The van der Waals surface area contributed by atoms with Gasteiger partial charge in [-0.3, -0.25) is 4.79 Å². The van der Waals surface area contributed by atoms with Gasteiger partial charge in [0.2, 0.25) is 5.91 Å². The minimum Gasteiger partial charge on any atom is -0.373 e. The first kappa shape index (κ1) is 12.9. The van der Waals surface area contributed by atoms with Gasteiger partial charge in [-0.1, -0.05) is 32.0 Å². The lowest BCUT2D eigenvalue weighted by atomic mass is 9.95. The summed E-state index contributed by atoms with van der Waals surface area (Å²) in [7, 11) is 0. The largest absolute Gasteiger partial charge is 0.373 e. The molecule has 18 heavy (non-hydrogen) atoms. The second-order valence-electron chi connectivity index (χ2n) is 5.32. The number of carbonyl (C=O) groups excluding carboxylic acids is 1. The van der Waals surface area contributed by atoms with Crippen LogP contribution in [0.2, 0.25) is 0 Å². The molecule has 0 fully saturated rings. The highest BCUT2D eigenvalue weighted by Crippen LogP contribution is 2.25. The monoisotopic (exact) mass is 246 g/mol. The lowest BCUT2D eigenvalue weighted by Crippen LogP contribution is -2.50. The first-order valence-corrected chi connectivity index (χ1v) is 6.74. The topological polar surface area (TPSA) is 41.1 Å². The average molecular weight is 246 g/mol. The van der Waals surface area contributed by atoms with Crippen molar-refractivity contribution in [3.8, 4) is 0 Å². The Hall–Kier alpha value is -1.51. The maximum Gasteiger partial charge on any atom is 0.243 e. The quantitative estimate of drug-likeness (QED) is 0.857. The standard InChI is InChI=1S/C15H22N2O/c1-4-15(3,5-2)17-14(18)13-10-11-8-6-7-9-12(11)16-13/h6-9,13,16H,4-5,10H2,1-3H3,(H,17,18). The summed E-state index contributed by atoms with van der Waals surface area (Å²) in [5, 5.41) is 6.46. The molecule has 0 radical (unpaired) electrons. The fraction of sp³-hybridized carbons (Fsp3) is 0.533. The first-order chi connectivity index (χ1) is 8.58. The molecule has 98 valence electrons. The predicted octanol–water partition coefficient (Wildman–Crippen LogP) is 2.72. The van der Waals surface area contributed by atoms with E-state index in [1.54, 1.807) is 0 Å². The third-order valence-electron chi connectivity index (χ3n) is 4.07. The number of benzene rings is 1. The van der Waals surface area contributed by atoms with E-state index in [9.17, 15) is 4.79 Å². The predicted molar refractivity (Wildman–Crippen MR) is 74.7 cm³/mol. The summed E-state index contributed by atoms with van der Waals surface area (Å²) < 4.78 is 0. The maximum absolute atomic E-state index is 12.3. The summed E-state index contributed by atoms with van der Waals surface area (Å²) in [6.07, 6.45) is 2.69. The van der Waals surface area contributed by atoms with E-state index in [1.165, 1.54) is 5.56 Å². The molecule has 3 heteroatoms. The molecule has 1 amide bonds. The smallest absolute Gasteiger partial charge is 0.243 e. The SMILES string of the molecule is CCC(C)(CC)NC(=O)C1Cc2ccccc2N1. The summed E-state index contributed by atoms with van der Waals surface area (Å²) in [5.41, 5.74) is 2.23. The maximum atomic E-state index is 12.3. The number of anilines is 1. The average Bonchev–Trinajstić information content (AvgIpc) is 2.82. The van der Waals surface area contributed by atoms with E-state index in [2.05, 4.69) is 37.5 Å². The van der Waals surface area contributed by atoms with E-state index >= 15 is 0 Å². The van der Waals surface area contributed by atoms with Crippen molar-refractivity contribution >= 4 is 11.6 Å². The Kier molecular flexibility index (Phi) is 3.60. The van der Waals surface area contributed by atoms with Crippen molar-refractivity contribution < 1.29 is 4.79 Å². The van der Waals surface area contributed by atoms with Crippen LogP contribution in [0.1, 0.15) is 39.2 Å². The van der Waals surface area contributed by atoms with Gasteiger partial charge in [0, 0.05) is 17.6 Å². The number of hydrogen-bond acceptors (Lipinski definition) is 2. The number of rotatable bonds is 4. The minimum atomic E-state index is -0.125. The van der Waals surface area contributed by atoms with Crippen LogP contribution in [0.3, 0.4) is 0 Å². The van der Waals surface area contributed by atoms with Crippen LogP contribution >= 0.6 is 0 Å². The molecule has 3 nitrogen and oxygen atoms in total. The zero-order valence-corrected chi connectivity index (χ0v) is 11.4. The fourth-order valence-electron chi connectivity index (χ4n) is 2.27. The Balaban J connectivity index is 2.01. The van der Waals surface area contributed by atoms with Gasteiger partial charge < -0.3 is 10.6 Å². The van der Waals surface area contributed by atoms with E-state index in [0.717, 1.165) is 24.9 Å². The van der Waals surface area contributed by atoms with Crippen molar-refractivity contribution in [2.75, 3.05) is 5.32 Å². The lowest BCUT2D eigenvalue weighted by Gasteiger charge is -2.29. The van der Waals surface area contributed by atoms with Crippen LogP contribution in [0.15, 0.2) is 24.3 Å². The molecule has 1 unspecified atom stereocenters. The highest BCUT2D eigenvalue weighted by Gasteiger charge is 2.30. The molecule has 0 saturated heterocycles. The number of nitrogens with one attached hydrogen (secondary N) is 2. The van der Waals surface area contributed by atoms with Crippen LogP contribution in [0.5, 0.6) is 0 Å². The molecule has 0 aromatic heterocycles. The third kappa shape index (κ3) is 2.50. The van der Waals surface area contributed by atoms with Gasteiger partial charge >= 0.3 is 0 Å². The van der Waals surface area contributed by atoms with Crippen LogP contribution in [0.25, 0.3) is 0 Å². The van der Waals surface area contributed by atoms with Crippen molar-refractivity contribution in [3.05, 3.63) is 29.8 Å². The molecule has 1 heterocycles. The molecule has 1 aromatic carbocycles. The Bertz CT molecular complexity index is 413. The van der Waals surface area contributed by atoms with Crippen molar-refractivity contribution in [2.45, 2.75) is 51.6 Å². The molecule has 0 bridgehead atoms. The molecule has 1 aliphatic heterocycles. The zero-order valence-electron chi connectivity index (χ0n) is 11.4. The van der Waals surface area contributed by atoms with Crippen molar-refractivity contribution in [3.63, 3.8) is 0 Å². The van der Waals surface area contributed by atoms with Gasteiger partial charge in [0.25, 0.3) is 0 Å². The minimum absolute atomic E-state index is 0.0897. The second-order valence-corrected chi connectivity index (χ2v) is 5.32. The van der Waals surface area contributed by atoms with Gasteiger partial charge in [0.15, 0.2) is 0 Å². The van der Waals surface area contributed by atoms with Crippen LogP contribution in [0, 0.1) is 0 Å². The summed E-state index contributed by atoms with van der Waals surface area (Å²) in [6, 6.07) is 7.99. The fourth-order valence-corrected chi connectivity index (χ4v) is 2.27. The highest BCUT2D eigenvalue weighted by molar-refractivity contribution is 5.87. The summed E-state index contributed by atoms with van der Waals surface area (Å²) in [5.74, 6) is 0.109. The van der Waals surface area contributed by atoms with Gasteiger partial charge in [-0.2, -0.15) is 0 Å². The highest BCUT2D eigenvalue weighted by atomic mass is 16.2. The Morgan fingerprint density at radius 3 is 2.67 bits per heavy atom. The molecule has 1 aliphatic rings. The molecular formula is C15H22N2O. The van der Waals surface area contributed by atoms with Crippen molar-refractivity contribution in [1.29, 1.82) is 0 Å². The Morgan fingerprint density at radius 1 is 1.39 bits per heavy atom. The van der Waals surface area contributed by atoms with Gasteiger partial charge in [-0.05, 0) is 31.4 Å². The van der Waals surface area contributed by atoms with E-state index in [1.807, 2.05) is 18.2 Å². The van der Waals surface area contributed by atoms with Gasteiger partial charge in [-0.25, -0.2) is 0 Å². The molecule has 2 N–H and O–H groups in total. The number of para-hydroxylation sites is 1. The van der Waals surface area contributed by atoms with Gasteiger partial charge in [0.1, 0.15) is 6.04 Å². The van der Waals surface area contributed by atoms with Crippen molar-refractivity contribution in [2.24, 2.45) is 0 Å². The van der Waals surface area contributed by atoms with Crippen LogP contribution < -0.4 is 10.6 Å². The van der Waals surface area contributed by atoms with Crippen LogP contribution in [-0.4, -0.2) is 17.5 Å². The number of amides is 1. The summed E-state index contributed by atoms with van der Waals surface area (Å²) in [6.45, 7) is 6.33. The van der Waals surface area contributed by atoms with Crippen LogP contribution in [0.4, 0.5) is 5.69 Å². The Labute approximate surface area is 109 Å². The lowest BCUT2D eigenvalue weighted by molar-refractivity contribution is -0.123. The number of fused-ring (bicyclic) bond motifs is 1. The summed E-state index contributed by atoms with van der Waals surface area (Å²) in [4.78, 5) is 12.3. The Morgan fingerprint density at radius 2 is 2.06 bits per heavy atom. The van der Waals surface area contributed by atoms with Crippen LogP contribution in [-0.2, 0) is 11.2 Å². The normalized spacial score (nSPS) is 18.1. The molecule has 1 atom stereocenters. The summed E-state index contributed by atoms with van der Waals surface area (Å²) >= 11 is 0. The molecule has 1 aromatic rings. The van der Waals surface area contributed by atoms with E-state index in [0.29, 0.717) is 0 Å². The number of carbonyl (C=O) groups is 1. The zero-order chi connectivity index (χ0) is 13.2. The molecule has 0 saturated carbocycles. The van der Waals surface area contributed by atoms with Crippen molar-refractivity contribution in [1.82, 2.24) is 5.32 Å². The molecule has 0 aliphatic carbocycles. The van der Waals surface area contributed by atoms with Gasteiger partial charge in [0.05, 0.1) is 0 Å². The molecular weight excluding hydrogens is 224 g/mol. The molecule has 2 rings (SSSR count). The first-order valence-electron chi connectivity index (χ1n) is 6.74.